The molecule has 0 fully saturated rings. The zero-order chi connectivity index (χ0) is 26.6. The number of hydrogen-bond donors (Lipinski definition) is 8. The van der Waals surface area contributed by atoms with Gasteiger partial charge in [-0.1, -0.05) is 13.8 Å². The first-order valence-corrected chi connectivity index (χ1v) is 10.3. The average Bonchev–Trinajstić information content (AvgIpc) is 2.70. The number of nitrogens with one attached hydrogen (secondary N) is 3. The van der Waals surface area contributed by atoms with Gasteiger partial charge in [-0.05, 0) is 18.8 Å². The quantitative estimate of drug-likeness (QED) is 0.106. The molecule has 192 valence electrons. The summed E-state index contributed by atoms with van der Waals surface area (Å²) in [5.41, 5.74) is 15.7. The molecular weight excluding hydrogens is 456 g/mol. The second-order valence-corrected chi connectivity index (χ2v) is 7.91. The molecule has 0 radical (unpaired) electrons. The van der Waals surface area contributed by atoms with E-state index in [1.165, 1.54) is 13.8 Å². The molecule has 0 aromatic rings. The van der Waals surface area contributed by atoms with Gasteiger partial charge in [0.15, 0.2) is 0 Å². The van der Waals surface area contributed by atoms with Crippen molar-refractivity contribution in [3.63, 3.8) is 0 Å². The van der Waals surface area contributed by atoms with Gasteiger partial charge in [0.1, 0.15) is 18.1 Å². The van der Waals surface area contributed by atoms with E-state index in [1.54, 1.807) is 0 Å². The molecule has 15 heteroatoms. The monoisotopic (exact) mass is 488 g/mol. The Balaban J connectivity index is 5.56. The third-order valence-electron chi connectivity index (χ3n) is 4.59. The molecule has 15 nitrogen and oxygen atoms in total. The fourth-order valence-electron chi connectivity index (χ4n) is 2.69. The first kappa shape index (κ1) is 30.2. The summed E-state index contributed by atoms with van der Waals surface area (Å²) in [6.07, 6.45) is -1.99. The van der Waals surface area contributed by atoms with Crippen molar-refractivity contribution < 1.29 is 43.8 Å². The Labute approximate surface area is 195 Å². The second kappa shape index (κ2) is 14.4. The Bertz CT molecular complexity index is 801. The number of nitrogens with two attached hydrogens (primary N) is 3. The van der Waals surface area contributed by atoms with Gasteiger partial charge in [-0.25, -0.2) is 4.79 Å². The van der Waals surface area contributed by atoms with Crippen molar-refractivity contribution in [1.82, 2.24) is 16.0 Å². The smallest absolute Gasteiger partial charge is 0.326 e. The van der Waals surface area contributed by atoms with Crippen molar-refractivity contribution in [3.05, 3.63) is 0 Å². The number of amides is 5. The lowest BCUT2D eigenvalue weighted by molar-refractivity contribution is -0.144. The molecule has 4 unspecified atom stereocenters. The van der Waals surface area contributed by atoms with Gasteiger partial charge in [-0.3, -0.25) is 28.8 Å². The van der Waals surface area contributed by atoms with Crippen molar-refractivity contribution in [2.45, 2.75) is 70.1 Å². The predicted octanol–water partition coefficient (Wildman–Crippen LogP) is -3.49. The zero-order valence-corrected chi connectivity index (χ0v) is 18.9. The van der Waals surface area contributed by atoms with Crippen LogP contribution in [-0.4, -0.2) is 75.9 Å². The third kappa shape index (κ3) is 11.8. The average molecular weight is 488 g/mol. The lowest BCUT2D eigenvalue weighted by Gasteiger charge is -2.25. The van der Waals surface area contributed by atoms with Gasteiger partial charge >= 0.3 is 11.9 Å². The predicted molar refractivity (Wildman–Crippen MR) is 115 cm³/mol. The van der Waals surface area contributed by atoms with E-state index in [9.17, 15) is 38.7 Å². The minimum Gasteiger partial charge on any atom is -0.481 e. The van der Waals surface area contributed by atoms with Gasteiger partial charge < -0.3 is 43.4 Å². The first-order valence-electron chi connectivity index (χ1n) is 10.3. The van der Waals surface area contributed by atoms with E-state index >= 15 is 0 Å². The minimum atomic E-state index is -1.58. The maximum absolute atomic E-state index is 12.7. The molecular formula is C19H32N6O9. The summed E-state index contributed by atoms with van der Waals surface area (Å²) in [6, 6.07) is -5.64. The summed E-state index contributed by atoms with van der Waals surface area (Å²) in [5.74, 6) is -7.77. The summed E-state index contributed by atoms with van der Waals surface area (Å²) in [6.45, 7) is 3.06. The fourth-order valence-corrected chi connectivity index (χ4v) is 2.69. The van der Waals surface area contributed by atoms with Crippen molar-refractivity contribution in [2.75, 3.05) is 0 Å². The minimum absolute atomic E-state index is 0.137. The lowest BCUT2D eigenvalue weighted by atomic mass is 10.0. The number of carbonyl (C=O) groups is 7. The number of hydrogen-bond acceptors (Lipinski definition) is 8. The molecule has 0 rings (SSSR count). The number of carboxylic acids is 2. The van der Waals surface area contributed by atoms with Gasteiger partial charge in [0.25, 0.3) is 0 Å². The highest BCUT2D eigenvalue weighted by atomic mass is 16.4. The molecule has 0 aliphatic carbocycles. The number of primary amides is 2. The van der Waals surface area contributed by atoms with E-state index in [0.29, 0.717) is 0 Å². The fraction of sp³-hybridized carbons (Fsp3) is 0.632. The molecule has 34 heavy (non-hydrogen) atoms. The Morgan fingerprint density at radius 2 is 1.26 bits per heavy atom. The largest absolute Gasteiger partial charge is 0.481 e. The highest BCUT2D eigenvalue weighted by Crippen LogP contribution is 2.06. The van der Waals surface area contributed by atoms with Crippen LogP contribution in [0.25, 0.3) is 0 Å². The molecule has 0 saturated heterocycles. The van der Waals surface area contributed by atoms with Gasteiger partial charge in [0, 0.05) is 12.8 Å². The standard InChI is InChI=1S/C19H32N6O9/c1-8(2)15(19(33)34)25-17(31)10(4-6-14(28)29)23-18(32)11(7-13(22)27)24-16(30)9(20)3-5-12(21)26/h8-11,15H,3-7,20H2,1-2H3,(H2,21,26)(H2,22,27)(H,23,32)(H,24,30)(H,25,31)(H,28,29)(H,33,34). The van der Waals surface area contributed by atoms with Crippen LogP contribution in [-0.2, 0) is 33.6 Å². The lowest BCUT2D eigenvalue weighted by Crippen LogP contribution is -2.58. The number of rotatable bonds is 16. The van der Waals surface area contributed by atoms with Crippen molar-refractivity contribution in [3.8, 4) is 0 Å². The molecule has 4 atom stereocenters. The molecule has 0 spiro atoms. The second-order valence-electron chi connectivity index (χ2n) is 7.91. The van der Waals surface area contributed by atoms with E-state index in [1.807, 2.05) is 0 Å². The Morgan fingerprint density at radius 3 is 1.71 bits per heavy atom. The summed E-state index contributed by atoms with van der Waals surface area (Å²) < 4.78 is 0. The molecule has 0 aliphatic rings. The van der Waals surface area contributed by atoms with Crippen LogP contribution in [0.5, 0.6) is 0 Å². The van der Waals surface area contributed by atoms with Crippen LogP contribution in [0, 0.1) is 5.92 Å². The molecule has 0 heterocycles. The van der Waals surface area contributed by atoms with Crippen molar-refractivity contribution in [2.24, 2.45) is 23.1 Å². The van der Waals surface area contributed by atoms with Crippen LogP contribution in [0.3, 0.4) is 0 Å². The summed E-state index contributed by atoms with van der Waals surface area (Å²) in [7, 11) is 0. The van der Waals surface area contributed by atoms with Gasteiger partial charge in [-0.15, -0.1) is 0 Å². The van der Waals surface area contributed by atoms with Crippen LogP contribution in [0.4, 0.5) is 0 Å². The Morgan fingerprint density at radius 1 is 0.735 bits per heavy atom. The van der Waals surface area contributed by atoms with Crippen LogP contribution in [0.15, 0.2) is 0 Å². The number of aliphatic carboxylic acids is 2. The van der Waals surface area contributed by atoms with E-state index < -0.39 is 90.8 Å². The molecule has 11 N–H and O–H groups in total. The maximum atomic E-state index is 12.7. The normalized spacial score (nSPS) is 14.2. The highest BCUT2D eigenvalue weighted by molar-refractivity contribution is 5.96. The zero-order valence-electron chi connectivity index (χ0n) is 18.9. The van der Waals surface area contributed by atoms with E-state index in [-0.39, 0.29) is 12.8 Å². The molecule has 5 amide bonds. The molecule has 0 aromatic heterocycles. The Hall–Kier alpha value is -3.75. The molecule has 0 saturated carbocycles. The van der Waals surface area contributed by atoms with E-state index in [0.717, 1.165) is 0 Å². The summed E-state index contributed by atoms with van der Waals surface area (Å²) in [4.78, 5) is 82.1. The topological polar surface area (TPSA) is 274 Å². The molecule has 0 aliphatic heterocycles. The van der Waals surface area contributed by atoms with Crippen LogP contribution >= 0.6 is 0 Å². The van der Waals surface area contributed by atoms with Gasteiger partial charge in [0.05, 0.1) is 12.5 Å². The summed E-state index contributed by atoms with van der Waals surface area (Å²) >= 11 is 0. The van der Waals surface area contributed by atoms with Crippen LogP contribution in [0.1, 0.15) is 46.0 Å². The van der Waals surface area contributed by atoms with Crippen LogP contribution in [0.2, 0.25) is 0 Å². The van der Waals surface area contributed by atoms with E-state index in [2.05, 4.69) is 16.0 Å². The highest BCUT2D eigenvalue weighted by Gasteiger charge is 2.32. The van der Waals surface area contributed by atoms with Gasteiger partial charge in [-0.2, -0.15) is 0 Å². The van der Waals surface area contributed by atoms with Crippen molar-refractivity contribution in [1.29, 1.82) is 0 Å². The molecule has 0 bridgehead atoms. The number of carboxylic acid groups (broad SMARTS) is 2. The maximum Gasteiger partial charge on any atom is 0.326 e. The van der Waals surface area contributed by atoms with Crippen molar-refractivity contribution >= 4 is 41.5 Å². The molecule has 0 aromatic carbocycles. The first-order chi connectivity index (χ1) is 15.6. The Kier molecular flexibility index (Phi) is 12.8. The SMILES string of the molecule is CC(C)C(NC(=O)C(CCC(=O)O)NC(=O)C(CC(N)=O)NC(=O)C(N)CCC(N)=O)C(=O)O. The van der Waals surface area contributed by atoms with E-state index in [4.69, 9.17) is 22.3 Å². The van der Waals surface area contributed by atoms with Gasteiger partial charge in [0.2, 0.25) is 29.5 Å². The third-order valence-corrected chi connectivity index (χ3v) is 4.59. The number of carbonyl (C=O) groups excluding carboxylic acids is 5. The summed E-state index contributed by atoms with van der Waals surface area (Å²) in [5, 5.41) is 24.8. The van der Waals surface area contributed by atoms with Crippen LogP contribution < -0.4 is 33.2 Å².